The Kier molecular flexibility index (Phi) is 7.12. The summed E-state index contributed by atoms with van der Waals surface area (Å²) in [5.41, 5.74) is -1.77. The lowest BCUT2D eigenvalue weighted by Gasteiger charge is -2.14. The van der Waals surface area contributed by atoms with Crippen molar-refractivity contribution in [3.05, 3.63) is 64.2 Å². The van der Waals surface area contributed by atoms with Gasteiger partial charge in [0.1, 0.15) is 12.0 Å². The van der Waals surface area contributed by atoms with Gasteiger partial charge in [0.25, 0.3) is 15.9 Å². The minimum absolute atomic E-state index is 0.00927. The summed E-state index contributed by atoms with van der Waals surface area (Å²) in [4.78, 5) is 15.9. The van der Waals surface area contributed by atoms with E-state index in [0.29, 0.717) is 6.07 Å². The molecule has 194 valence electrons. The molecule has 0 saturated heterocycles. The number of nitrogens with one attached hydrogen (secondary N) is 2. The lowest BCUT2D eigenvalue weighted by Crippen LogP contribution is -2.26. The summed E-state index contributed by atoms with van der Waals surface area (Å²) in [6.45, 7) is 1.95. The minimum Gasteiger partial charge on any atom is -0.363 e. The van der Waals surface area contributed by atoms with E-state index in [1.807, 2.05) is 0 Å². The van der Waals surface area contributed by atoms with E-state index in [9.17, 15) is 26.4 Å². The van der Waals surface area contributed by atoms with E-state index in [2.05, 4.69) is 30.4 Å². The summed E-state index contributed by atoms with van der Waals surface area (Å²) in [5.74, 6) is -0.916. The first-order valence-corrected chi connectivity index (χ1v) is 12.4. The van der Waals surface area contributed by atoms with Crippen LogP contribution in [0.15, 0.2) is 52.2 Å². The van der Waals surface area contributed by atoms with Gasteiger partial charge < -0.3 is 9.84 Å². The molecule has 0 fully saturated rings. The van der Waals surface area contributed by atoms with Gasteiger partial charge >= 0.3 is 6.18 Å². The highest BCUT2D eigenvalue weighted by molar-refractivity contribution is 7.92. The molecule has 4 rings (SSSR count). The lowest BCUT2D eigenvalue weighted by atomic mass is 10.2. The maximum absolute atomic E-state index is 13.3. The molecule has 0 saturated carbocycles. The quantitative estimate of drug-likeness (QED) is 0.333. The zero-order valence-electron chi connectivity index (χ0n) is 18.4. The van der Waals surface area contributed by atoms with Gasteiger partial charge in [-0.2, -0.15) is 13.2 Å². The standard InChI is InChI=1S/C20H14Cl2F3N7O4S/c1-2-26-19(33)18-29-28-17(32(18)15-5-6-36-30-15)16-14(7-10(21)9-27-16)31-37(34,35)11-3-4-13(22)12(8-11)20(23,24)25/h3-9,31H,2H2,1H3,(H,26,33). The Morgan fingerprint density at radius 3 is 2.57 bits per heavy atom. The highest BCUT2D eigenvalue weighted by atomic mass is 35.5. The van der Waals surface area contributed by atoms with Crippen molar-refractivity contribution in [3.8, 4) is 17.3 Å². The number of rotatable bonds is 7. The molecule has 0 aliphatic carbocycles. The Bertz CT molecular complexity index is 1580. The van der Waals surface area contributed by atoms with E-state index in [1.165, 1.54) is 18.5 Å². The van der Waals surface area contributed by atoms with Gasteiger partial charge in [-0.05, 0) is 31.2 Å². The summed E-state index contributed by atoms with van der Waals surface area (Å²) in [7, 11) is -4.62. The van der Waals surface area contributed by atoms with Crippen molar-refractivity contribution in [1.82, 2.24) is 30.2 Å². The predicted molar refractivity (Wildman–Crippen MR) is 125 cm³/mol. The van der Waals surface area contributed by atoms with Crippen molar-refractivity contribution in [1.29, 1.82) is 0 Å². The normalized spacial score (nSPS) is 11.9. The van der Waals surface area contributed by atoms with Crippen LogP contribution in [-0.4, -0.2) is 45.8 Å². The van der Waals surface area contributed by atoms with Crippen molar-refractivity contribution < 1.29 is 30.9 Å². The van der Waals surface area contributed by atoms with Gasteiger partial charge in [0.05, 0.1) is 26.2 Å². The first kappa shape index (κ1) is 26.4. The van der Waals surface area contributed by atoms with Crippen LogP contribution in [0.25, 0.3) is 17.3 Å². The van der Waals surface area contributed by atoms with Crippen LogP contribution in [-0.2, 0) is 16.2 Å². The van der Waals surface area contributed by atoms with Gasteiger partial charge in [0, 0.05) is 18.8 Å². The largest absolute Gasteiger partial charge is 0.417 e. The number of aromatic nitrogens is 5. The molecule has 17 heteroatoms. The zero-order valence-corrected chi connectivity index (χ0v) is 20.7. The SMILES string of the molecule is CCNC(=O)c1nnc(-c2ncc(Cl)cc2NS(=O)(=O)c2ccc(Cl)c(C(F)(F)F)c2)n1-c1ccon1. The molecule has 4 aromatic rings. The molecule has 0 aliphatic rings. The van der Waals surface area contributed by atoms with E-state index < -0.39 is 37.6 Å². The third-order valence-corrected chi connectivity index (χ3v) is 6.62. The number of amides is 1. The second kappa shape index (κ2) is 9.99. The number of hydrogen-bond donors (Lipinski definition) is 2. The molecule has 11 nitrogen and oxygen atoms in total. The molecule has 0 aliphatic heterocycles. The Morgan fingerprint density at radius 1 is 1.16 bits per heavy atom. The van der Waals surface area contributed by atoms with Crippen molar-refractivity contribution in [2.45, 2.75) is 18.0 Å². The van der Waals surface area contributed by atoms with Crippen LogP contribution in [0.1, 0.15) is 23.1 Å². The summed E-state index contributed by atoms with van der Waals surface area (Å²) in [6, 6.07) is 4.67. The fourth-order valence-electron chi connectivity index (χ4n) is 3.15. The first-order valence-electron chi connectivity index (χ1n) is 10.1. The average molecular weight is 576 g/mol. The molecule has 0 atom stereocenters. The van der Waals surface area contributed by atoms with Crippen LogP contribution in [0, 0.1) is 0 Å². The third kappa shape index (κ3) is 5.38. The van der Waals surface area contributed by atoms with Gasteiger partial charge in [-0.3, -0.25) is 9.52 Å². The zero-order chi connectivity index (χ0) is 27.0. The predicted octanol–water partition coefficient (Wildman–Crippen LogP) is 4.19. The van der Waals surface area contributed by atoms with Crippen LogP contribution >= 0.6 is 23.2 Å². The topological polar surface area (TPSA) is 145 Å². The molecule has 1 amide bonds. The summed E-state index contributed by atoms with van der Waals surface area (Å²) in [5, 5.41) is 13.5. The molecular formula is C20H14Cl2F3N7O4S. The van der Waals surface area contributed by atoms with E-state index in [4.69, 9.17) is 27.7 Å². The second-order valence-corrected chi connectivity index (χ2v) is 9.72. The highest BCUT2D eigenvalue weighted by Crippen LogP contribution is 2.37. The van der Waals surface area contributed by atoms with Crippen molar-refractivity contribution in [2.75, 3.05) is 11.3 Å². The highest BCUT2D eigenvalue weighted by Gasteiger charge is 2.35. The van der Waals surface area contributed by atoms with E-state index in [0.717, 1.165) is 22.8 Å². The first-order chi connectivity index (χ1) is 17.4. The molecule has 1 aromatic carbocycles. The van der Waals surface area contributed by atoms with Gasteiger partial charge in [0.15, 0.2) is 11.6 Å². The molecule has 0 unspecified atom stereocenters. The molecule has 0 spiro atoms. The Morgan fingerprint density at radius 2 is 1.92 bits per heavy atom. The van der Waals surface area contributed by atoms with Crippen LogP contribution < -0.4 is 10.0 Å². The number of pyridine rings is 1. The van der Waals surface area contributed by atoms with Crippen LogP contribution in [0.3, 0.4) is 0 Å². The Labute approximate surface area is 216 Å². The summed E-state index contributed by atoms with van der Waals surface area (Å²) in [6.07, 6.45) is -2.50. The van der Waals surface area contributed by atoms with Crippen LogP contribution in [0.4, 0.5) is 18.9 Å². The van der Waals surface area contributed by atoms with E-state index in [1.54, 1.807) is 6.92 Å². The van der Waals surface area contributed by atoms with Crippen molar-refractivity contribution in [3.63, 3.8) is 0 Å². The number of anilines is 1. The smallest absolute Gasteiger partial charge is 0.363 e. The average Bonchev–Trinajstić information content (AvgIpc) is 3.48. The number of alkyl halides is 3. The number of nitrogens with zero attached hydrogens (tertiary/aromatic N) is 5. The van der Waals surface area contributed by atoms with Gasteiger partial charge in [-0.1, -0.05) is 28.4 Å². The second-order valence-electron chi connectivity index (χ2n) is 7.19. The van der Waals surface area contributed by atoms with Crippen LogP contribution in [0.5, 0.6) is 0 Å². The monoisotopic (exact) mass is 575 g/mol. The molecule has 3 heterocycles. The molecule has 37 heavy (non-hydrogen) atoms. The Hall–Kier alpha value is -3.69. The fourth-order valence-corrected chi connectivity index (χ4v) is 4.62. The van der Waals surface area contributed by atoms with Gasteiger partial charge in [-0.15, -0.1) is 10.2 Å². The van der Waals surface area contributed by atoms with E-state index >= 15 is 0 Å². The summed E-state index contributed by atoms with van der Waals surface area (Å²) >= 11 is 11.6. The number of benzene rings is 1. The third-order valence-electron chi connectivity index (χ3n) is 4.72. The molecule has 0 bridgehead atoms. The van der Waals surface area contributed by atoms with Crippen LogP contribution in [0.2, 0.25) is 10.0 Å². The number of hydrogen-bond acceptors (Lipinski definition) is 8. The molecule has 0 radical (unpaired) electrons. The van der Waals surface area contributed by atoms with Crippen molar-refractivity contribution >= 4 is 44.8 Å². The fraction of sp³-hybridized carbons (Fsp3) is 0.150. The molecule has 3 aromatic heterocycles. The number of carbonyl (C=O) groups excluding carboxylic acids is 1. The maximum atomic E-state index is 13.3. The lowest BCUT2D eigenvalue weighted by molar-refractivity contribution is -0.137. The number of carbonyl (C=O) groups is 1. The molecule has 2 N–H and O–H groups in total. The Balaban J connectivity index is 1.84. The summed E-state index contributed by atoms with van der Waals surface area (Å²) < 4.78 is 74.2. The number of sulfonamides is 1. The minimum atomic E-state index is -4.89. The van der Waals surface area contributed by atoms with Gasteiger partial charge in [-0.25, -0.2) is 18.0 Å². The van der Waals surface area contributed by atoms with Gasteiger partial charge in [0.2, 0.25) is 5.82 Å². The number of halogens is 5. The molecular weight excluding hydrogens is 562 g/mol. The maximum Gasteiger partial charge on any atom is 0.417 e. The van der Waals surface area contributed by atoms with E-state index in [-0.39, 0.29) is 40.4 Å². The van der Waals surface area contributed by atoms with Crippen molar-refractivity contribution in [2.24, 2.45) is 0 Å².